The molecule has 3 aliphatic heterocycles. The topological polar surface area (TPSA) is 199 Å². The van der Waals surface area contributed by atoms with Crippen LogP contribution in [-0.4, -0.2) is 75.5 Å². The second-order valence-corrected chi connectivity index (χ2v) is 15.8. The molecule has 0 spiro atoms. The molecule has 2 aromatic carbocycles. The third-order valence-electron chi connectivity index (χ3n) is 11.4. The van der Waals surface area contributed by atoms with Crippen molar-refractivity contribution < 1.29 is 43.5 Å². The molecule has 4 amide bonds. The first-order valence-corrected chi connectivity index (χ1v) is 21.6. The first kappa shape index (κ1) is 46.7. The number of nitrogens with one attached hydrogen (secondary N) is 4. The van der Waals surface area contributed by atoms with E-state index in [1.54, 1.807) is 11.7 Å². The largest absolute Gasteiger partial charge is 0.350 e. The van der Waals surface area contributed by atoms with Crippen molar-refractivity contribution in [2.45, 2.75) is 136 Å². The first-order valence-electron chi connectivity index (χ1n) is 21.6. The fourth-order valence-electron chi connectivity index (χ4n) is 8.25. The summed E-state index contributed by atoms with van der Waals surface area (Å²) in [6.07, 6.45) is 17.3. The van der Waals surface area contributed by atoms with Gasteiger partial charge in [-0.2, -0.15) is 0 Å². The molecule has 1 unspecified atom stereocenters. The Balaban J connectivity index is 0.000000232. The highest BCUT2D eigenvalue weighted by atomic mass is 16.8. The van der Waals surface area contributed by atoms with Gasteiger partial charge in [-0.15, -0.1) is 0 Å². The molecular weight excluding hydrogens is 781 g/mol. The number of nitrogens with zero attached hydrogens (tertiary/aromatic N) is 2. The zero-order valence-corrected chi connectivity index (χ0v) is 34.4. The van der Waals surface area contributed by atoms with Crippen LogP contribution in [0.1, 0.15) is 136 Å². The molecule has 0 radical (unpaired) electrons. The van der Waals surface area contributed by atoms with Crippen LogP contribution in [0.15, 0.2) is 48.8 Å². The van der Waals surface area contributed by atoms with Crippen molar-refractivity contribution in [3.8, 4) is 0 Å². The summed E-state index contributed by atoms with van der Waals surface area (Å²) >= 11 is 0. The van der Waals surface area contributed by atoms with E-state index in [9.17, 15) is 28.8 Å². The number of rotatable bonds is 20. The van der Waals surface area contributed by atoms with Gasteiger partial charge in [-0.1, -0.05) is 69.5 Å². The van der Waals surface area contributed by atoms with Crippen molar-refractivity contribution in [1.82, 2.24) is 30.7 Å². The maximum absolute atomic E-state index is 12.7. The number of hydrogen-bond donors (Lipinski definition) is 5. The van der Waals surface area contributed by atoms with Crippen LogP contribution in [-0.2, 0) is 54.7 Å². The van der Waals surface area contributed by atoms with E-state index < -0.39 is 23.4 Å². The molecule has 1 fully saturated rings. The minimum absolute atomic E-state index is 0. The molecule has 15 nitrogen and oxygen atoms in total. The Bertz CT molecular complexity index is 2150. The smallest absolute Gasteiger partial charge is 0.292 e. The molecule has 0 bridgehead atoms. The Morgan fingerprint density at radius 3 is 1.66 bits per heavy atom. The molecular formula is C46H62N6O9. The van der Waals surface area contributed by atoms with E-state index in [1.807, 2.05) is 30.5 Å². The third-order valence-corrected chi connectivity index (χ3v) is 11.4. The van der Waals surface area contributed by atoms with Gasteiger partial charge in [-0.25, -0.2) is 15.8 Å². The van der Waals surface area contributed by atoms with Gasteiger partial charge in [0.05, 0.1) is 22.2 Å². The van der Waals surface area contributed by atoms with Crippen molar-refractivity contribution in [2.75, 3.05) is 19.7 Å². The summed E-state index contributed by atoms with van der Waals surface area (Å²) in [7, 11) is 0. The summed E-state index contributed by atoms with van der Waals surface area (Å²) in [5, 5.41) is 15.6. The summed E-state index contributed by atoms with van der Waals surface area (Å²) in [5.74, 6) is -2.62. The number of aryl methyl sites for hydroxylation is 4. The highest BCUT2D eigenvalue weighted by Crippen LogP contribution is 2.31. The fraction of sp³-hybridized carbons (Fsp3) is 0.522. The zero-order chi connectivity index (χ0) is 42.3. The summed E-state index contributed by atoms with van der Waals surface area (Å²) in [4.78, 5) is 78.0. The number of hydroxylamine groups is 2. The van der Waals surface area contributed by atoms with Gasteiger partial charge in [-0.3, -0.25) is 34.0 Å². The molecule has 1 saturated heterocycles. The maximum Gasteiger partial charge on any atom is 0.292 e. The number of amides is 4. The lowest BCUT2D eigenvalue weighted by molar-refractivity contribution is -0.200. The van der Waals surface area contributed by atoms with Gasteiger partial charge >= 0.3 is 0 Å². The number of ketones is 2. The Morgan fingerprint density at radius 1 is 0.656 bits per heavy atom. The molecule has 3 aliphatic rings. The fourth-order valence-corrected chi connectivity index (χ4v) is 8.25. The van der Waals surface area contributed by atoms with Gasteiger partial charge in [-0.05, 0) is 75.3 Å². The SMILES string of the molecule is C.O=C(CCCCCCNC(=O)C(=O)c1cn2c3c(cccc13)CCC2)NO.O=C(CCCCCCNC(=O)C(=O)c1cn2c3c(cccc13)CCC2)NOC1CCCCO1. The Morgan fingerprint density at radius 2 is 1.16 bits per heavy atom. The predicted molar refractivity (Wildman–Crippen MR) is 231 cm³/mol. The van der Waals surface area contributed by atoms with Crippen LogP contribution in [0.3, 0.4) is 0 Å². The zero-order valence-electron chi connectivity index (χ0n) is 34.4. The van der Waals surface area contributed by atoms with E-state index >= 15 is 0 Å². The minimum Gasteiger partial charge on any atom is -0.350 e. The quantitative estimate of drug-likeness (QED) is 0.0220. The van der Waals surface area contributed by atoms with Crippen LogP contribution in [0.25, 0.3) is 21.8 Å². The standard InChI is InChI=1S/C25H33N3O5.C20H25N3O4.CH4/c29-21(27-33-22-13-4-6-16-32-22)12-3-1-2-5-14-26-25(31)24(30)20-17-28-15-8-10-18-9-7-11-19(20)23(18)28;24-17(22-27)10-3-1-2-4-11-21-20(26)19(25)16-13-23-12-6-8-14-7-5-9-15(16)18(14)23;/h7,9,11,17,22H,1-6,8,10,12-16H2,(H,26,31)(H,27,29);5,7,9,13,27H,1-4,6,8,10-12H2,(H,21,26)(H,22,24);1H4. The highest BCUT2D eigenvalue weighted by Gasteiger charge is 2.25. The van der Waals surface area contributed by atoms with E-state index in [-0.39, 0.29) is 32.0 Å². The van der Waals surface area contributed by atoms with Crippen LogP contribution in [0, 0.1) is 0 Å². The Labute approximate surface area is 357 Å². The lowest BCUT2D eigenvalue weighted by atomic mass is 10.0. The monoisotopic (exact) mass is 842 g/mol. The van der Waals surface area contributed by atoms with E-state index in [4.69, 9.17) is 14.8 Å². The second-order valence-electron chi connectivity index (χ2n) is 15.8. The van der Waals surface area contributed by atoms with Crippen LogP contribution >= 0.6 is 0 Å². The van der Waals surface area contributed by atoms with Crippen molar-refractivity contribution in [3.05, 3.63) is 71.0 Å². The van der Waals surface area contributed by atoms with Gasteiger partial charge in [0.2, 0.25) is 11.8 Å². The minimum atomic E-state index is -0.571. The molecule has 0 aliphatic carbocycles. The van der Waals surface area contributed by atoms with Crippen LogP contribution < -0.4 is 21.6 Å². The summed E-state index contributed by atoms with van der Waals surface area (Å²) < 4.78 is 9.58. The number of Topliss-reactive ketones (excluding diaryl/α,β-unsaturated/α-hetero) is 2. The van der Waals surface area contributed by atoms with E-state index in [0.717, 1.165) is 125 Å². The van der Waals surface area contributed by atoms with Gasteiger partial charge in [0.25, 0.3) is 23.4 Å². The molecule has 7 rings (SSSR count). The molecule has 5 heterocycles. The first-order chi connectivity index (χ1) is 29.2. The van der Waals surface area contributed by atoms with Crippen molar-refractivity contribution in [3.63, 3.8) is 0 Å². The number of ether oxygens (including phenoxy) is 1. The highest BCUT2D eigenvalue weighted by molar-refractivity contribution is 6.45. The number of carbonyl (C=O) groups is 6. The molecule has 2 aromatic heterocycles. The summed E-state index contributed by atoms with van der Waals surface area (Å²) in [5.41, 5.74) is 9.65. The second kappa shape index (κ2) is 23.6. The molecule has 4 aromatic rings. The number of hydrogen-bond acceptors (Lipinski definition) is 9. The van der Waals surface area contributed by atoms with E-state index in [0.29, 0.717) is 43.7 Å². The lowest BCUT2D eigenvalue weighted by Gasteiger charge is -2.22. The molecule has 0 saturated carbocycles. The molecule has 61 heavy (non-hydrogen) atoms. The number of unbranched alkanes of at least 4 members (excludes halogenated alkanes) is 6. The summed E-state index contributed by atoms with van der Waals surface area (Å²) in [6, 6.07) is 11.9. The molecule has 330 valence electrons. The Kier molecular flexibility index (Phi) is 18.0. The Hall–Kier alpha value is -5.38. The van der Waals surface area contributed by atoms with E-state index in [2.05, 4.69) is 37.4 Å². The van der Waals surface area contributed by atoms with E-state index in [1.165, 1.54) is 11.1 Å². The number of benzene rings is 2. The molecule has 5 N–H and O–H groups in total. The van der Waals surface area contributed by atoms with Crippen LogP contribution in [0.2, 0.25) is 0 Å². The predicted octanol–water partition coefficient (Wildman–Crippen LogP) is 6.39. The van der Waals surface area contributed by atoms with Gasteiger partial charge in [0.1, 0.15) is 0 Å². The lowest BCUT2D eigenvalue weighted by Crippen LogP contribution is -2.33. The molecule has 15 heteroatoms. The van der Waals surface area contributed by atoms with Gasteiger partial charge in [0.15, 0.2) is 6.29 Å². The van der Waals surface area contributed by atoms with Crippen molar-refractivity contribution in [2.24, 2.45) is 0 Å². The average Bonchev–Trinajstić information content (AvgIpc) is 3.85. The molecule has 1 atom stereocenters. The maximum atomic E-state index is 12.7. The summed E-state index contributed by atoms with van der Waals surface area (Å²) in [6.45, 7) is 3.30. The van der Waals surface area contributed by atoms with Crippen molar-refractivity contribution >= 4 is 57.0 Å². The van der Waals surface area contributed by atoms with Gasteiger partial charge in [0, 0.05) is 75.2 Å². The van der Waals surface area contributed by atoms with Crippen LogP contribution in [0.5, 0.6) is 0 Å². The average molecular weight is 843 g/mol. The normalized spacial score (nSPS) is 15.2. The third kappa shape index (κ3) is 12.6. The van der Waals surface area contributed by atoms with Crippen LogP contribution in [0.4, 0.5) is 0 Å². The van der Waals surface area contributed by atoms with Gasteiger partial charge < -0.3 is 24.5 Å². The number of aromatic nitrogens is 2. The number of para-hydroxylation sites is 2. The van der Waals surface area contributed by atoms with Crippen molar-refractivity contribution in [1.29, 1.82) is 0 Å². The number of carbonyl (C=O) groups excluding carboxylic acids is 6.